The predicted octanol–water partition coefficient (Wildman–Crippen LogP) is 1.58. The molecule has 0 aromatic heterocycles. The number of hydrogen-bond donors (Lipinski definition) is 2. The molecule has 0 bridgehead atoms. The molecule has 0 saturated heterocycles. The molecule has 1 unspecified atom stereocenters. The third-order valence-electron chi connectivity index (χ3n) is 3.37. The third-order valence-corrected chi connectivity index (χ3v) is 3.37. The van der Waals surface area contributed by atoms with E-state index in [-0.39, 0.29) is 18.7 Å². The molecule has 5 nitrogen and oxygen atoms in total. The zero-order chi connectivity index (χ0) is 14.0. The Labute approximate surface area is 113 Å². The fraction of sp³-hybridized carbons (Fsp3) is 0.500. The summed E-state index contributed by atoms with van der Waals surface area (Å²) in [6, 6.07) is 5.57. The standard InChI is InChI=1S/C14H20N2O3/c1-9(16-13(17)14(2,3)7-15)10-4-5-11-12(6-10)19-8-18-11/h4-6,9H,7-8,15H2,1-3H3,(H,16,17). The Kier molecular flexibility index (Phi) is 3.66. The minimum absolute atomic E-state index is 0.0554. The maximum absolute atomic E-state index is 12.1. The monoisotopic (exact) mass is 264 g/mol. The molecular weight excluding hydrogens is 244 g/mol. The van der Waals surface area contributed by atoms with Gasteiger partial charge in [-0.3, -0.25) is 4.79 Å². The highest BCUT2D eigenvalue weighted by atomic mass is 16.7. The van der Waals surface area contributed by atoms with E-state index in [9.17, 15) is 4.79 Å². The number of amides is 1. The molecule has 0 spiro atoms. The van der Waals surface area contributed by atoms with Gasteiger partial charge in [-0.2, -0.15) is 0 Å². The summed E-state index contributed by atoms with van der Waals surface area (Å²) in [6.45, 7) is 6.15. The van der Waals surface area contributed by atoms with Gasteiger partial charge in [0.15, 0.2) is 11.5 Å². The Morgan fingerprint density at radius 3 is 2.79 bits per heavy atom. The number of nitrogens with one attached hydrogen (secondary N) is 1. The molecule has 19 heavy (non-hydrogen) atoms. The van der Waals surface area contributed by atoms with Gasteiger partial charge in [0, 0.05) is 6.54 Å². The van der Waals surface area contributed by atoms with Crippen molar-refractivity contribution in [3.8, 4) is 11.5 Å². The van der Waals surface area contributed by atoms with E-state index in [2.05, 4.69) is 5.32 Å². The van der Waals surface area contributed by atoms with Crippen molar-refractivity contribution in [2.75, 3.05) is 13.3 Å². The summed E-state index contributed by atoms with van der Waals surface area (Å²) < 4.78 is 10.6. The first-order valence-corrected chi connectivity index (χ1v) is 6.34. The van der Waals surface area contributed by atoms with Crippen LogP contribution in [0.2, 0.25) is 0 Å². The topological polar surface area (TPSA) is 73.6 Å². The number of carbonyl (C=O) groups excluding carboxylic acids is 1. The van der Waals surface area contributed by atoms with Gasteiger partial charge in [-0.25, -0.2) is 0 Å². The van der Waals surface area contributed by atoms with Crippen LogP contribution in [0.15, 0.2) is 18.2 Å². The molecule has 0 saturated carbocycles. The van der Waals surface area contributed by atoms with E-state index in [1.54, 1.807) is 0 Å². The lowest BCUT2D eigenvalue weighted by molar-refractivity contribution is -0.129. The Balaban J connectivity index is 2.08. The SMILES string of the molecule is CC(NC(=O)C(C)(C)CN)c1ccc2c(c1)OCO2. The van der Waals surface area contributed by atoms with Crippen molar-refractivity contribution >= 4 is 5.91 Å². The quantitative estimate of drug-likeness (QED) is 0.866. The van der Waals surface area contributed by atoms with Crippen molar-refractivity contribution in [3.05, 3.63) is 23.8 Å². The van der Waals surface area contributed by atoms with E-state index in [1.807, 2.05) is 39.0 Å². The van der Waals surface area contributed by atoms with E-state index in [0.717, 1.165) is 17.1 Å². The van der Waals surface area contributed by atoms with Crippen LogP contribution >= 0.6 is 0 Å². The molecule has 1 aromatic carbocycles. The molecule has 1 heterocycles. The molecule has 1 aliphatic rings. The highest BCUT2D eigenvalue weighted by molar-refractivity contribution is 5.82. The van der Waals surface area contributed by atoms with Crippen LogP contribution in [0.1, 0.15) is 32.4 Å². The second-order valence-electron chi connectivity index (χ2n) is 5.40. The van der Waals surface area contributed by atoms with Crippen molar-refractivity contribution in [1.29, 1.82) is 0 Å². The lowest BCUT2D eigenvalue weighted by atomic mass is 9.92. The maximum atomic E-state index is 12.1. The van der Waals surface area contributed by atoms with E-state index >= 15 is 0 Å². The van der Waals surface area contributed by atoms with Crippen LogP contribution < -0.4 is 20.5 Å². The summed E-state index contributed by atoms with van der Waals surface area (Å²) in [5.41, 5.74) is 6.01. The normalized spacial score (nSPS) is 15.2. The van der Waals surface area contributed by atoms with Gasteiger partial charge in [0.1, 0.15) is 0 Å². The summed E-state index contributed by atoms with van der Waals surface area (Å²) >= 11 is 0. The Morgan fingerprint density at radius 1 is 1.42 bits per heavy atom. The molecule has 0 radical (unpaired) electrons. The molecule has 1 aliphatic heterocycles. The van der Waals surface area contributed by atoms with Crippen LogP contribution in [-0.2, 0) is 4.79 Å². The first kappa shape index (κ1) is 13.7. The van der Waals surface area contributed by atoms with Gasteiger partial charge < -0.3 is 20.5 Å². The molecule has 5 heteroatoms. The van der Waals surface area contributed by atoms with Gasteiger partial charge in [0.2, 0.25) is 12.7 Å². The first-order valence-electron chi connectivity index (χ1n) is 6.34. The summed E-state index contributed by atoms with van der Waals surface area (Å²) in [7, 11) is 0. The average molecular weight is 264 g/mol. The second-order valence-corrected chi connectivity index (χ2v) is 5.40. The minimum Gasteiger partial charge on any atom is -0.454 e. The van der Waals surface area contributed by atoms with Gasteiger partial charge in [0.05, 0.1) is 11.5 Å². The molecule has 1 aromatic rings. The zero-order valence-corrected chi connectivity index (χ0v) is 11.5. The molecule has 0 fully saturated rings. The minimum atomic E-state index is -0.565. The number of rotatable bonds is 4. The summed E-state index contributed by atoms with van der Waals surface area (Å²) in [5.74, 6) is 1.40. The first-order chi connectivity index (χ1) is 8.94. The van der Waals surface area contributed by atoms with Crippen LogP contribution in [0.5, 0.6) is 11.5 Å². The summed E-state index contributed by atoms with van der Waals surface area (Å²) in [6.07, 6.45) is 0. The maximum Gasteiger partial charge on any atom is 0.231 e. The molecular formula is C14H20N2O3. The molecule has 3 N–H and O–H groups in total. The summed E-state index contributed by atoms with van der Waals surface area (Å²) in [5, 5.41) is 2.96. The van der Waals surface area contributed by atoms with Crippen LogP contribution in [0.4, 0.5) is 0 Å². The van der Waals surface area contributed by atoms with Crippen molar-refractivity contribution in [2.24, 2.45) is 11.1 Å². The number of nitrogens with two attached hydrogens (primary N) is 1. The number of fused-ring (bicyclic) bond motifs is 1. The van der Waals surface area contributed by atoms with Crippen molar-refractivity contribution in [1.82, 2.24) is 5.32 Å². The van der Waals surface area contributed by atoms with Crippen LogP contribution in [0.25, 0.3) is 0 Å². The lowest BCUT2D eigenvalue weighted by Gasteiger charge is -2.24. The number of hydrogen-bond acceptors (Lipinski definition) is 4. The van der Waals surface area contributed by atoms with Crippen LogP contribution in [-0.4, -0.2) is 19.2 Å². The van der Waals surface area contributed by atoms with E-state index in [1.165, 1.54) is 0 Å². The Morgan fingerprint density at radius 2 is 2.11 bits per heavy atom. The Hall–Kier alpha value is -1.75. The zero-order valence-electron chi connectivity index (χ0n) is 11.5. The predicted molar refractivity (Wildman–Crippen MR) is 72.0 cm³/mol. The van der Waals surface area contributed by atoms with Gasteiger partial charge in [0.25, 0.3) is 0 Å². The third kappa shape index (κ3) is 2.81. The van der Waals surface area contributed by atoms with Crippen LogP contribution in [0, 0.1) is 5.41 Å². The van der Waals surface area contributed by atoms with E-state index in [0.29, 0.717) is 6.54 Å². The summed E-state index contributed by atoms with van der Waals surface area (Å²) in [4.78, 5) is 12.1. The van der Waals surface area contributed by atoms with E-state index < -0.39 is 5.41 Å². The van der Waals surface area contributed by atoms with Gasteiger partial charge in [-0.1, -0.05) is 6.07 Å². The van der Waals surface area contributed by atoms with E-state index in [4.69, 9.17) is 15.2 Å². The average Bonchev–Trinajstić information content (AvgIpc) is 2.85. The number of benzene rings is 1. The second kappa shape index (κ2) is 5.09. The molecule has 104 valence electrons. The molecule has 2 rings (SSSR count). The number of ether oxygens (including phenoxy) is 2. The highest BCUT2D eigenvalue weighted by Crippen LogP contribution is 2.34. The smallest absolute Gasteiger partial charge is 0.231 e. The Bertz CT molecular complexity index is 486. The van der Waals surface area contributed by atoms with Crippen LogP contribution in [0.3, 0.4) is 0 Å². The van der Waals surface area contributed by atoms with Crippen molar-refractivity contribution < 1.29 is 14.3 Å². The number of carbonyl (C=O) groups is 1. The highest BCUT2D eigenvalue weighted by Gasteiger charge is 2.27. The van der Waals surface area contributed by atoms with Gasteiger partial charge >= 0.3 is 0 Å². The fourth-order valence-electron chi connectivity index (χ4n) is 1.75. The van der Waals surface area contributed by atoms with Crippen molar-refractivity contribution in [2.45, 2.75) is 26.8 Å². The molecule has 1 atom stereocenters. The largest absolute Gasteiger partial charge is 0.454 e. The lowest BCUT2D eigenvalue weighted by Crippen LogP contribution is -2.42. The molecule has 1 amide bonds. The van der Waals surface area contributed by atoms with Gasteiger partial charge in [-0.05, 0) is 38.5 Å². The van der Waals surface area contributed by atoms with Crippen molar-refractivity contribution in [3.63, 3.8) is 0 Å². The fourth-order valence-corrected chi connectivity index (χ4v) is 1.75. The van der Waals surface area contributed by atoms with Gasteiger partial charge in [-0.15, -0.1) is 0 Å². The molecule has 0 aliphatic carbocycles.